The fraction of sp³-hybridized carbons (Fsp3) is 0.250. The second kappa shape index (κ2) is 10.1. The molecule has 6 nitrogen and oxygen atoms in total. The molecule has 1 amide bonds. The van der Waals surface area contributed by atoms with Crippen LogP contribution in [0.3, 0.4) is 0 Å². The highest BCUT2D eigenvalue weighted by Gasteiger charge is 2.28. The largest absolute Gasteiger partial charge is 0.350 e. The van der Waals surface area contributed by atoms with Crippen LogP contribution in [0.4, 0.5) is 0 Å². The minimum absolute atomic E-state index is 0.306. The lowest BCUT2D eigenvalue weighted by Crippen LogP contribution is -2.29. The normalized spacial score (nSPS) is 15.4. The minimum Gasteiger partial charge on any atom is -0.350 e. The number of amides is 1. The molecule has 0 saturated heterocycles. The predicted molar refractivity (Wildman–Crippen MR) is 139 cm³/mol. The summed E-state index contributed by atoms with van der Waals surface area (Å²) in [6.07, 6.45) is 8.29. The van der Waals surface area contributed by atoms with Gasteiger partial charge in [0, 0.05) is 55.0 Å². The van der Waals surface area contributed by atoms with Gasteiger partial charge in [-0.1, -0.05) is 48.0 Å². The van der Waals surface area contributed by atoms with Gasteiger partial charge in [0.2, 0.25) is 0 Å². The minimum atomic E-state index is -0.535. The molecule has 0 aliphatic heterocycles. The topological polar surface area (TPSA) is 73.3 Å². The van der Waals surface area contributed by atoms with Crippen molar-refractivity contribution in [3.05, 3.63) is 100.0 Å². The monoisotopic (exact) mass is 488 g/mol. The van der Waals surface area contributed by atoms with E-state index in [-0.39, 0.29) is 0 Å². The average Bonchev–Trinajstić information content (AvgIpc) is 3.57. The SMILES string of the molecule is Cn1cc(CCN(Cc2ccc(Cl)[nH]2)C2CCc3cc(C=CC(=O)NO)ccc32)c2ccccc21. The van der Waals surface area contributed by atoms with Gasteiger partial charge in [-0.05, 0) is 65.8 Å². The van der Waals surface area contributed by atoms with Crippen molar-refractivity contribution in [1.29, 1.82) is 0 Å². The number of carbonyl (C=O) groups is 1. The molecular formula is C28H29ClN4O2. The third-order valence-corrected chi connectivity index (χ3v) is 7.14. The first-order chi connectivity index (χ1) is 17.0. The molecule has 180 valence electrons. The van der Waals surface area contributed by atoms with Crippen LogP contribution >= 0.6 is 11.6 Å². The van der Waals surface area contributed by atoms with Gasteiger partial charge in [-0.25, -0.2) is 5.48 Å². The zero-order valence-electron chi connectivity index (χ0n) is 19.7. The lowest BCUT2D eigenvalue weighted by atomic mass is 10.0. The van der Waals surface area contributed by atoms with Gasteiger partial charge in [0.15, 0.2) is 0 Å². The number of para-hydroxylation sites is 1. The van der Waals surface area contributed by atoms with Gasteiger partial charge < -0.3 is 9.55 Å². The molecule has 0 saturated carbocycles. The van der Waals surface area contributed by atoms with Crippen molar-refractivity contribution in [3.8, 4) is 0 Å². The number of hydrogen-bond acceptors (Lipinski definition) is 3. The summed E-state index contributed by atoms with van der Waals surface area (Å²) in [5, 5.41) is 10.7. The Morgan fingerprint density at radius 1 is 1.26 bits per heavy atom. The first kappa shape index (κ1) is 23.4. The van der Waals surface area contributed by atoms with E-state index in [2.05, 4.69) is 70.2 Å². The van der Waals surface area contributed by atoms with Gasteiger partial charge >= 0.3 is 0 Å². The number of rotatable bonds is 8. The highest BCUT2D eigenvalue weighted by Crippen LogP contribution is 2.37. The molecule has 2 aromatic carbocycles. The highest BCUT2D eigenvalue weighted by molar-refractivity contribution is 6.29. The first-order valence-electron chi connectivity index (χ1n) is 11.9. The highest BCUT2D eigenvalue weighted by atomic mass is 35.5. The van der Waals surface area contributed by atoms with E-state index in [0.29, 0.717) is 11.2 Å². The average molecular weight is 489 g/mol. The molecule has 7 heteroatoms. The molecule has 0 bridgehead atoms. The summed E-state index contributed by atoms with van der Waals surface area (Å²) in [6, 6.07) is 19.2. The van der Waals surface area contributed by atoms with Crippen LogP contribution in [-0.2, 0) is 31.2 Å². The fourth-order valence-corrected chi connectivity index (χ4v) is 5.45. The van der Waals surface area contributed by atoms with Gasteiger partial charge in [-0.2, -0.15) is 0 Å². The Balaban J connectivity index is 1.40. The molecule has 4 aromatic rings. The summed E-state index contributed by atoms with van der Waals surface area (Å²) < 4.78 is 2.21. The maximum absolute atomic E-state index is 11.3. The number of aromatic nitrogens is 2. The van der Waals surface area contributed by atoms with E-state index in [0.717, 1.165) is 43.6 Å². The molecule has 2 aromatic heterocycles. The number of H-pyrrole nitrogens is 1. The van der Waals surface area contributed by atoms with E-state index in [1.54, 1.807) is 11.6 Å². The number of aryl methyl sites for hydroxylation is 2. The van der Waals surface area contributed by atoms with Gasteiger partial charge in [0.25, 0.3) is 5.91 Å². The Labute approximate surface area is 209 Å². The molecule has 3 N–H and O–H groups in total. The number of hydroxylamine groups is 1. The molecule has 35 heavy (non-hydrogen) atoms. The van der Waals surface area contributed by atoms with Gasteiger partial charge in [0.1, 0.15) is 5.15 Å². The van der Waals surface area contributed by atoms with E-state index in [9.17, 15) is 4.79 Å². The van der Waals surface area contributed by atoms with E-state index < -0.39 is 5.91 Å². The van der Waals surface area contributed by atoms with Crippen LogP contribution in [0, 0.1) is 0 Å². The number of fused-ring (bicyclic) bond motifs is 2. The van der Waals surface area contributed by atoms with Gasteiger partial charge in [-0.15, -0.1) is 0 Å². The second-order valence-electron chi connectivity index (χ2n) is 9.16. The molecule has 0 radical (unpaired) electrons. The quantitative estimate of drug-likeness (QED) is 0.176. The molecule has 2 heterocycles. The van der Waals surface area contributed by atoms with Crippen LogP contribution in [0.25, 0.3) is 17.0 Å². The Bertz CT molecular complexity index is 1390. The van der Waals surface area contributed by atoms with Crippen molar-refractivity contribution in [2.45, 2.75) is 31.8 Å². The van der Waals surface area contributed by atoms with Crippen molar-refractivity contribution in [1.82, 2.24) is 19.9 Å². The number of nitrogens with zero attached hydrogens (tertiary/aromatic N) is 2. The molecule has 0 fully saturated rings. The van der Waals surface area contributed by atoms with E-state index in [1.165, 1.54) is 33.7 Å². The Morgan fingerprint density at radius 3 is 2.91 bits per heavy atom. The zero-order valence-corrected chi connectivity index (χ0v) is 20.4. The maximum Gasteiger partial charge on any atom is 0.267 e. The summed E-state index contributed by atoms with van der Waals surface area (Å²) in [5.41, 5.74) is 8.95. The molecule has 0 spiro atoms. The molecule has 1 atom stereocenters. The van der Waals surface area contributed by atoms with Crippen LogP contribution in [0.5, 0.6) is 0 Å². The smallest absolute Gasteiger partial charge is 0.267 e. The third-order valence-electron chi connectivity index (χ3n) is 6.92. The zero-order chi connectivity index (χ0) is 24.4. The molecule has 5 rings (SSSR count). The van der Waals surface area contributed by atoms with Crippen molar-refractivity contribution < 1.29 is 10.0 Å². The summed E-state index contributed by atoms with van der Waals surface area (Å²) in [7, 11) is 2.11. The maximum atomic E-state index is 11.3. The first-order valence-corrected chi connectivity index (χ1v) is 12.2. The van der Waals surface area contributed by atoms with Crippen molar-refractivity contribution >= 4 is 34.5 Å². The number of nitrogens with one attached hydrogen (secondary N) is 2. The fourth-order valence-electron chi connectivity index (χ4n) is 5.26. The number of halogens is 1. The Hall–Kier alpha value is -3.32. The number of aromatic amines is 1. The van der Waals surface area contributed by atoms with E-state index in [4.69, 9.17) is 16.8 Å². The summed E-state index contributed by atoms with van der Waals surface area (Å²) in [6.45, 7) is 1.72. The number of benzene rings is 2. The summed E-state index contributed by atoms with van der Waals surface area (Å²) >= 11 is 6.18. The molecule has 1 aliphatic rings. The molecular weight excluding hydrogens is 460 g/mol. The van der Waals surface area contributed by atoms with Crippen LogP contribution in [0.15, 0.2) is 66.9 Å². The van der Waals surface area contributed by atoms with Gasteiger partial charge in [-0.3, -0.25) is 14.9 Å². The third kappa shape index (κ3) is 5.05. The van der Waals surface area contributed by atoms with Crippen LogP contribution < -0.4 is 5.48 Å². The summed E-state index contributed by atoms with van der Waals surface area (Å²) in [4.78, 5) is 17.2. The lowest BCUT2D eigenvalue weighted by molar-refractivity contribution is -0.124. The van der Waals surface area contributed by atoms with Crippen molar-refractivity contribution in [2.24, 2.45) is 7.05 Å². The Morgan fingerprint density at radius 2 is 2.11 bits per heavy atom. The second-order valence-corrected chi connectivity index (χ2v) is 9.56. The van der Waals surface area contributed by atoms with E-state index >= 15 is 0 Å². The van der Waals surface area contributed by atoms with Crippen molar-refractivity contribution in [3.63, 3.8) is 0 Å². The molecule has 1 aliphatic carbocycles. The molecule has 1 unspecified atom stereocenters. The van der Waals surface area contributed by atoms with Crippen LogP contribution in [0.2, 0.25) is 5.15 Å². The number of carbonyl (C=O) groups excluding carboxylic acids is 1. The Kier molecular flexibility index (Phi) is 6.77. The lowest BCUT2D eigenvalue weighted by Gasteiger charge is -2.29. The van der Waals surface area contributed by atoms with Gasteiger partial charge in [0.05, 0.1) is 0 Å². The van der Waals surface area contributed by atoms with Crippen molar-refractivity contribution in [2.75, 3.05) is 6.54 Å². The standard InChI is InChI=1S/C28H29ClN4O2/c1-32-17-21(23-4-2-3-5-25(23)32)14-15-33(18-22-9-12-27(29)30-22)26-11-8-20-16-19(6-10-24(20)26)7-13-28(34)31-35/h2-7,9-10,12-13,16-17,26,30,35H,8,11,14-15,18H2,1H3,(H,31,34). The summed E-state index contributed by atoms with van der Waals surface area (Å²) in [5.74, 6) is -0.535. The van der Waals surface area contributed by atoms with E-state index in [1.807, 2.05) is 12.1 Å². The number of hydrogen-bond donors (Lipinski definition) is 3. The van der Waals surface area contributed by atoms with Crippen LogP contribution in [0.1, 0.15) is 40.4 Å². The van der Waals surface area contributed by atoms with Crippen LogP contribution in [-0.4, -0.2) is 32.1 Å². The predicted octanol–water partition coefficient (Wildman–Crippen LogP) is 5.41.